The van der Waals surface area contributed by atoms with Crippen LogP contribution < -0.4 is 10.5 Å². The molecule has 0 bridgehead atoms. The molecule has 0 radical (unpaired) electrons. The van der Waals surface area contributed by atoms with Crippen molar-refractivity contribution in [1.82, 2.24) is 9.03 Å². The summed E-state index contributed by atoms with van der Waals surface area (Å²) in [5.74, 6) is -1.12. The van der Waals surface area contributed by atoms with E-state index in [-0.39, 0.29) is 32.7 Å². The first-order valence-corrected chi connectivity index (χ1v) is 6.87. The fraction of sp³-hybridized carbons (Fsp3) is 0.778. The van der Waals surface area contributed by atoms with Gasteiger partial charge in [0, 0.05) is 20.1 Å². The Balaban J connectivity index is 3.95. The first-order valence-electron chi connectivity index (χ1n) is 5.43. The smallest absolute Gasteiger partial charge is 0.306 e. The van der Waals surface area contributed by atoms with Crippen LogP contribution in [0.3, 0.4) is 0 Å². The third-order valence-corrected chi connectivity index (χ3v) is 3.62. The van der Waals surface area contributed by atoms with Gasteiger partial charge in [0.1, 0.15) is 6.61 Å². The molecule has 0 rings (SSSR count). The average molecular weight is 297 g/mol. The number of primary amides is 1. The number of carbonyl (C=O) groups excluding carboxylic acids is 2. The van der Waals surface area contributed by atoms with Gasteiger partial charge in [-0.2, -0.15) is 17.4 Å². The maximum Gasteiger partial charge on any atom is 0.306 e. The van der Waals surface area contributed by atoms with Crippen molar-refractivity contribution in [1.29, 1.82) is 0 Å². The summed E-state index contributed by atoms with van der Waals surface area (Å²) in [5.41, 5.74) is 4.84. The number of ether oxygens (including phenoxy) is 2. The van der Waals surface area contributed by atoms with Crippen LogP contribution in [-0.2, 0) is 29.3 Å². The molecule has 0 saturated heterocycles. The van der Waals surface area contributed by atoms with E-state index in [2.05, 4.69) is 9.46 Å². The molecule has 9 nitrogen and oxygen atoms in total. The van der Waals surface area contributed by atoms with Crippen LogP contribution in [0.1, 0.15) is 6.42 Å². The number of methoxy groups -OCH3 is 1. The van der Waals surface area contributed by atoms with E-state index < -0.39 is 22.1 Å². The molecule has 0 aliphatic heterocycles. The predicted molar refractivity (Wildman–Crippen MR) is 66.2 cm³/mol. The Kier molecular flexibility index (Phi) is 8.23. The number of hydrogen-bond acceptors (Lipinski definition) is 6. The third-order valence-electron chi connectivity index (χ3n) is 2.04. The summed E-state index contributed by atoms with van der Waals surface area (Å²) in [7, 11) is -1.13. The second-order valence-electron chi connectivity index (χ2n) is 3.57. The average Bonchev–Trinajstić information content (AvgIpc) is 2.34. The zero-order valence-electron chi connectivity index (χ0n) is 10.9. The second-order valence-corrected chi connectivity index (χ2v) is 5.43. The standard InChI is InChI=1S/C9H19N3O6S/c1-12(5-3-9(14)17-2)19(15,16)11-4-6-18-7-8(10)13/h11H,3-7H2,1-2H3,(H2,10,13). The number of esters is 1. The van der Waals surface area contributed by atoms with E-state index in [4.69, 9.17) is 10.5 Å². The van der Waals surface area contributed by atoms with Crippen LogP contribution in [0.25, 0.3) is 0 Å². The molecular formula is C9H19N3O6S. The van der Waals surface area contributed by atoms with Gasteiger partial charge in [-0.15, -0.1) is 0 Å². The maximum absolute atomic E-state index is 11.6. The molecule has 0 spiro atoms. The number of carbonyl (C=O) groups is 2. The summed E-state index contributed by atoms with van der Waals surface area (Å²) < 4.78 is 35.7. The lowest BCUT2D eigenvalue weighted by Gasteiger charge is -2.16. The molecule has 0 heterocycles. The van der Waals surface area contributed by atoms with Crippen LogP contribution in [0.5, 0.6) is 0 Å². The van der Waals surface area contributed by atoms with Crippen LogP contribution in [0, 0.1) is 0 Å². The maximum atomic E-state index is 11.6. The van der Waals surface area contributed by atoms with Gasteiger partial charge in [-0.3, -0.25) is 9.59 Å². The molecule has 112 valence electrons. The van der Waals surface area contributed by atoms with Gasteiger partial charge < -0.3 is 15.2 Å². The van der Waals surface area contributed by atoms with Crippen molar-refractivity contribution < 1.29 is 27.5 Å². The molecule has 1 amide bonds. The number of nitrogens with one attached hydrogen (secondary N) is 1. The van der Waals surface area contributed by atoms with E-state index in [1.807, 2.05) is 0 Å². The molecule has 0 aliphatic rings. The predicted octanol–water partition coefficient (Wildman–Crippen LogP) is -2.18. The number of nitrogens with two attached hydrogens (primary N) is 1. The summed E-state index contributed by atoms with van der Waals surface area (Å²) in [5, 5.41) is 0. The molecule has 19 heavy (non-hydrogen) atoms. The van der Waals surface area contributed by atoms with Gasteiger partial charge >= 0.3 is 5.97 Å². The van der Waals surface area contributed by atoms with Crippen LogP contribution in [0.15, 0.2) is 0 Å². The van der Waals surface area contributed by atoms with Crippen molar-refractivity contribution in [3.05, 3.63) is 0 Å². The first-order chi connectivity index (χ1) is 8.79. The van der Waals surface area contributed by atoms with Crippen molar-refractivity contribution in [2.75, 3.05) is 40.5 Å². The number of hydrogen-bond donors (Lipinski definition) is 2. The minimum Gasteiger partial charge on any atom is -0.469 e. The van der Waals surface area contributed by atoms with Crippen LogP contribution in [0.4, 0.5) is 0 Å². The van der Waals surface area contributed by atoms with Gasteiger partial charge in [-0.05, 0) is 0 Å². The Morgan fingerprint density at radius 2 is 2.00 bits per heavy atom. The Labute approximate surface area is 112 Å². The van der Waals surface area contributed by atoms with Gasteiger partial charge in [0.05, 0.1) is 20.1 Å². The minimum absolute atomic E-state index is 0.00181. The lowest BCUT2D eigenvalue weighted by molar-refractivity contribution is -0.140. The highest BCUT2D eigenvalue weighted by atomic mass is 32.2. The molecule has 0 unspecified atom stereocenters. The molecule has 0 aromatic rings. The fourth-order valence-corrected chi connectivity index (χ4v) is 1.89. The van der Waals surface area contributed by atoms with Crippen molar-refractivity contribution in [3.8, 4) is 0 Å². The zero-order valence-corrected chi connectivity index (χ0v) is 11.7. The lowest BCUT2D eigenvalue weighted by atomic mass is 10.4. The van der Waals surface area contributed by atoms with Crippen LogP contribution >= 0.6 is 0 Å². The Morgan fingerprint density at radius 1 is 1.37 bits per heavy atom. The molecule has 0 fully saturated rings. The zero-order chi connectivity index (χ0) is 14.9. The van der Waals surface area contributed by atoms with Crippen molar-refractivity contribution in [2.45, 2.75) is 6.42 Å². The largest absolute Gasteiger partial charge is 0.469 e. The first kappa shape index (κ1) is 17.8. The topological polar surface area (TPSA) is 128 Å². The quantitative estimate of drug-likeness (QED) is 0.348. The molecule has 10 heteroatoms. The highest BCUT2D eigenvalue weighted by Crippen LogP contribution is 1.96. The monoisotopic (exact) mass is 297 g/mol. The van der Waals surface area contributed by atoms with Crippen molar-refractivity contribution in [2.24, 2.45) is 5.73 Å². The van der Waals surface area contributed by atoms with Gasteiger partial charge in [-0.25, -0.2) is 0 Å². The summed E-state index contributed by atoms with van der Waals surface area (Å²) >= 11 is 0. The van der Waals surface area contributed by atoms with E-state index in [0.29, 0.717) is 0 Å². The van der Waals surface area contributed by atoms with Crippen molar-refractivity contribution in [3.63, 3.8) is 0 Å². The lowest BCUT2D eigenvalue weighted by Crippen LogP contribution is -2.40. The van der Waals surface area contributed by atoms with Crippen LogP contribution in [-0.4, -0.2) is 65.1 Å². The van der Waals surface area contributed by atoms with E-state index >= 15 is 0 Å². The molecular weight excluding hydrogens is 278 g/mol. The number of nitrogens with zero attached hydrogens (tertiary/aromatic N) is 1. The SMILES string of the molecule is COC(=O)CCN(C)S(=O)(=O)NCCOCC(N)=O. The Morgan fingerprint density at radius 3 is 2.53 bits per heavy atom. The third kappa shape index (κ3) is 8.48. The summed E-state index contributed by atoms with van der Waals surface area (Å²) in [6, 6.07) is 0. The van der Waals surface area contributed by atoms with E-state index in [1.165, 1.54) is 14.2 Å². The summed E-state index contributed by atoms with van der Waals surface area (Å²) in [6.45, 7) is -0.241. The molecule has 0 aromatic carbocycles. The molecule has 3 N–H and O–H groups in total. The number of rotatable bonds is 10. The molecule has 0 aromatic heterocycles. The fourth-order valence-electron chi connectivity index (χ4n) is 0.997. The van der Waals surface area contributed by atoms with Gasteiger partial charge in [0.25, 0.3) is 10.2 Å². The minimum atomic E-state index is -3.69. The van der Waals surface area contributed by atoms with Gasteiger partial charge in [0.2, 0.25) is 5.91 Å². The normalized spacial score (nSPS) is 11.5. The Hall–Kier alpha value is -1.23. The van der Waals surface area contributed by atoms with Crippen molar-refractivity contribution >= 4 is 22.1 Å². The summed E-state index contributed by atoms with van der Waals surface area (Å²) in [4.78, 5) is 21.2. The second kappa shape index (κ2) is 8.80. The molecule has 0 atom stereocenters. The van der Waals surface area contributed by atoms with E-state index in [9.17, 15) is 18.0 Å². The van der Waals surface area contributed by atoms with E-state index in [0.717, 1.165) is 4.31 Å². The van der Waals surface area contributed by atoms with Gasteiger partial charge in [-0.1, -0.05) is 0 Å². The van der Waals surface area contributed by atoms with Gasteiger partial charge in [0.15, 0.2) is 0 Å². The van der Waals surface area contributed by atoms with Crippen LogP contribution in [0.2, 0.25) is 0 Å². The molecule has 0 aliphatic carbocycles. The number of amides is 1. The van der Waals surface area contributed by atoms with E-state index in [1.54, 1.807) is 0 Å². The molecule has 0 saturated carbocycles. The highest BCUT2D eigenvalue weighted by Gasteiger charge is 2.17. The highest BCUT2D eigenvalue weighted by molar-refractivity contribution is 7.87. The summed E-state index contributed by atoms with van der Waals surface area (Å²) in [6.07, 6.45) is -0.0356. The Bertz CT molecular complexity index is 397.